The number of rotatable bonds is 3. The third-order valence-electron chi connectivity index (χ3n) is 3.31. The summed E-state index contributed by atoms with van der Waals surface area (Å²) in [5.41, 5.74) is 9.84. The lowest BCUT2D eigenvalue weighted by molar-refractivity contribution is 0.919. The van der Waals surface area contributed by atoms with Crippen molar-refractivity contribution in [3.8, 4) is 11.3 Å². The Morgan fingerprint density at radius 1 is 1.23 bits per heavy atom. The number of pyridine rings is 1. The molecule has 112 valence electrons. The SMILES string of the molecule is CN=Nc1ccc(-c2ccn3nc(N)nc(NC)c23)nc1C. The van der Waals surface area contributed by atoms with Gasteiger partial charge >= 0.3 is 0 Å². The van der Waals surface area contributed by atoms with Crippen LogP contribution in [0.3, 0.4) is 0 Å². The average Bonchev–Trinajstić information content (AvgIpc) is 2.92. The van der Waals surface area contributed by atoms with Gasteiger partial charge in [0.1, 0.15) is 11.2 Å². The zero-order valence-corrected chi connectivity index (χ0v) is 12.6. The summed E-state index contributed by atoms with van der Waals surface area (Å²) in [7, 11) is 3.43. The van der Waals surface area contributed by atoms with Crippen LogP contribution in [0.4, 0.5) is 17.5 Å². The highest BCUT2D eigenvalue weighted by molar-refractivity contribution is 5.87. The first-order valence-corrected chi connectivity index (χ1v) is 6.74. The molecule has 0 saturated heterocycles. The fourth-order valence-electron chi connectivity index (χ4n) is 2.34. The molecule has 3 aromatic rings. The van der Waals surface area contributed by atoms with Gasteiger partial charge in [-0.1, -0.05) is 0 Å². The molecule has 0 amide bonds. The number of aromatic nitrogens is 4. The van der Waals surface area contributed by atoms with Crippen molar-refractivity contribution in [1.29, 1.82) is 0 Å². The van der Waals surface area contributed by atoms with E-state index >= 15 is 0 Å². The molecule has 3 rings (SSSR count). The number of hydrogen-bond acceptors (Lipinski definition) is 7. The number of fused-ring (bicyclic) bond motifs is 1. The number of azo groups is 1. The summed E-state index contributed by atoms with van der Waals surface area (Å²) in [6, 6.07) is 5.74. The predicted molar refractivity (Wildman–Crippen MR) is 85.4 cm³/mol. The molecule has 3 N–H and O–H groups in total. The van der Waals surface area contributed by atoms with Crippen molar-refractivity contribution in [3.05, 3.63) is 30.1 Å². The second kappa shape index (κ2) is 5.40. The van der Waals surface area contributed by atoms with Gasteiger partial charge < -0.3 is 11.1 Å². The lowest BCUT2D eigenvalue weighted by atomic mass is 10.1. The first-order valence-electron chi connectivity index (χ1n) is 6.74. The molecule has 0 saturated carbocycles. The summed E-state index contributed by atoms with van der Waals surface area (Å²) >= 11 is 0. The molecule has 0 aromatic carbocycles. The Kier molecular flexibility index (Phi) is 3.42. The molecule has 3 aromatic heterocycles. The molecule has 8 nitrogen and oxygen atoms in total. The largest absolute Gasteiger partial charge is 0.371 e. The molecular formula is C14H16N8. The molecule has 3 heterocycles. The van der Waals surface area contributed by atoms with Crippen molar-refractivity contribution in [2.75, 3.05) is 25.1 Å². The molecule has 22 heavy (non-hydrogen) atoms. The first-order chi connectivity index (χ1) is 10.6. The molecule has 0 spiro atoms. The zero-order valence-electron chi connectivity index (χ0n) is 12.6. The van der Waals surface area contributed by atoms with Crippen LogP contribution in [0, 0.1) is 6.92 Å². The first kappa shape index (κ1) is 13.9. The van der Waals surface area contributed by atoms with Gasteiger partial charge in [0.05, 0.1) is 11.4 Å². The van der Waals surface area contributed by atoms with Crippen LogP contribution in [0.15, 0.2) is 34.6 Å². The van der Waals surface area contributed by atoms with E-state index in [4.69, 9.17) is 5.73 Å². The van der Waals surface area contributed by atoms with Gasteiger partial charge in [0.2, 0.25) is 5.95 Å². The van der Waals surface area contributed by atoms with Gasteiger partial charge in [0.15, 0.2) is 5.82 Å². The van der Waals surface area contributed by atoms with Gasteiger partial charge in [0.25, 0.3) is 0 Å². The molecule has 0 fully saturated rings. The highest BCUT2D eigenvalue weighted by Gasteiger charge is 2.14. The summed E-state index contributed by atoms with van der Waals surface area (Å²) in [6.45, 7) is 1.90. The standard InChI is InChI=1S/C14H16N8/c1-8-10(20-17-3)4-5-11(18-8)9-6-7-22-12(9)13(16-2)19-14(15)21-22/h4-7H,1-3H3,(H3,15,16,19,21). The van der Waals surface area contributed by atoms with Crippen LogP contribution in [-0.2, 0) is 0 Å². The zero-order chi connectivity index (χ0) is 15.7. The van der Waals surface area contributed by atoms with Crippen LogP contribution in [0.5, 0.6) is 0 Å². The quantitative estimate of drug-likeness (QED) is 0.722. The van der Waals surface area contributed by atoms with Crippen molar-refractivity contribution in [3.63, 3.8) is 0 Å². The molecule has 0 aliphatic carbocycles. The monoisotopic (exact) mass is 296 g/mol. The van der Waals surface area contributed by atoms with Gasteiger partial charge in [-0.3, -0.25) is 4.98 Å². The lowest BCUT2D eigenvalue weighted by Gasteiger charge is -2.07. The molecule has 0 aliphatic heterocycles. The Hall–Kier alpha value is -3.03. The summed E-state index contributed by atoms with van der Waals surface area (Å²) in [5, 5.41) is 15.0. The number of anilines is 2. The van der Waals surface area contributed by atoms with Crippen LogP contribution in [0.25, 0.3) is 16.8 Å². The fraction of sp³-hybridized carbons (Fsp3) is 0.214. The highest BCUT2D eigenvalue weighted by atomic mass is 15.3. The molecular weight excluding hydrogens is 280 g/mol. The minimum absolute atomic E-state index is 0.210. The normalized spacial score (nSPS) is 11.4. The van der Waals surface area contributed by atoms with Gasteiger partial charge in [-0.2, -0.15) is 15.2 Å². The summed E-state index contributed by atoms with van der Waals surface area (Å²) < 4.78 is 1.69. The number of aryl methyl sites for hydroxylation is 1. The second-order valence-electron chi connectivity index (χ2n) is 4.69. The van der Waals surface area contributed by atoms with Gasteiger partial charge in [-0.15, -0.1) is 5.10 Å². The van der Waals surface area contributed by atoms with Crippen molar-refractivity contribution in [2.24, 2.45) is 10.2 Å². The van der Waals surface area contributed by atoms with E-state index in [1.807, 2.05) is 31.3 Å². The number of hydrogen-bond donors (Lipinski definition) is 2. The molecule has 0 radical (unpaired) electrons. The van der Waals surface area contributed by atoms with Gasteiger partial charge in [-0.25, -0.2) is 4.52 Å². The third kappa shape index (κ3) is 2.24. The molecule has 0 bridgehead atoms. The molecule has 0 unspecified atom stereocenters. The maximum Gasteiger partial charge on any atom is 0.240 e. The van der Waals surface area contributed by atoms with E-state index in [1.54, 1.807) is 18.6 Å². The van der Waals surface area contributed by atoms with E-state index < -0.39 is 0 Å². The third-order valence-corrected chi connectivity index (χ3v) is 3.31. The van der Waals surface area contributed by atoms with Crippen LogP contribution in [0.2, 0.25) is 0 Å². The van der Waals surface area contributed by atoms with E-state index in [0.717, 1.165) is 28.2 Å². The minimum Gasteiger partial charge on any atom is -0.371 e. The maximum absolute atomic E-state index is 5.70. The van der Waals surface area contributed by atoms with E-state index in [2.05, 4.69) is 30.6 Å². The van der Waals surface area contributed by atoms with Crippen LogP contribution in [-0.4, -0.2) is 33.7 Å². The van der Waals surface area contributed by atoms with Crippen molar-refractivity contribution in [1.82, 2.24) is 19.6 Å². The topological polar surface area (TPSA) is 106 Å². The number of nitrogens with two attached hydrogens (primary N) is 1. The Morgan fingerprint density at radius 3 is 2.73 bits per heavy atom. The molecule has 8 heteroatoms. The highest BCUT2D eigenvalue weighted by Crippen LogP contribution is 2.30. The van der Waals surface area contributed by atoms with Crippen molar-refractivity contribution >= 4 is 23.0 Å². The van der Waals surface area contributed by atoms with E-state index in [1.165, 1.54) is 0 Å². The van der Waals surface area contributed by atoms with Crippen molar-refractivity contribution in [2.45, 2.75) is 6.92 Å². The Bertz CT molecular complexity index is 865. The fourth-order valence-corrected chi connectivity index (χ4v) is 2.34. The molecule has 0 atom stereocenters. The smallest absolute Gasteiger partial charge is 0.240 e. The van der Waals surface area contributed by atoms with E-state index in [9.17, 15) is 0 Å². The van der Waals surface area contributed by atoms with Gasteiger partial charge in [-0.05, 0) is 25.1 Å². The van der Waals surface area contributed by atoms with Crippen LogP contribution < -0.4 is 11.1 Å². The summed E-state index contributed by atoms with van der Waals surface area (Å²) in [6.07, 6.45) is 1.83. The van der Waals surface area contributed by atoms with Crippen LogP contribution >= 0.6 is 0 Å². The Labute approximate surface area is 127 Å². The maximum atomic E-state index is 5.70. The second-order valence-corrected chi connectivity index (χ2v) is 4.69. The number of nitrogens with one attached hydrogen (secondary N) is 1. The predicted octanol–water partition coefficient (Wildman–Crippen LogP) is 2.44. The minimum atomic E-state index is 0.210. The Balaban J connectivity index is 2.20. The van der Waals surface area contributed by atoms with Crippen LogP contribution in [0.1, 0.15) is 5.69 Å². The molecule has 0 aliphatic rings. The van der Waals surface area contributed by atoms with Crippen molar-refractivity contribution < 1.29 is 0 Å². The lowest BCUT2D eigenvalue weighted by Crippen LogP contribution is -2.05. The number of nitrogens with zero attached hydrogens (tertiary/aromatic N) is 6. The summed E-state index contributed by atoms with van der Waals surface area (Å²) in [4.78, 5) is 8.82. The Morgan fingerprint density at radius 2 is 2.05 bits per heavy atom. The number of nitrogen functional groups attached to an aromatic ring is 1. The van der Waals surface area contributed by atoms with E-state index in [0.29, 0.717) is 5.82 Å². The summed E-state index contributed by atoms with van der Waals surface area (Å²) in [5.74, 6) is 0.867. The average molecular weight is 296 g/mol. The van der Waals surface area contributed by atoms with Gasteiger partial charge in [0, 0.05) is 25.9 Å². The van der Waals surface area contributed by atoms with E-state index in [-0.39, 0.29) is 5.95 Å².